The zero-order valence-corrected chi connectivity index (χ0v) is 23.6. The number of nitrogens with zero attached hydrogens (tertiary/aromatic N) is 1. The molecule has 0 atom stereocenters. The molecule has 0 spiro atoms. The van der Waals surface area contributed by atoms with E-state index in [4.69, 9.17) is 4.98 Å². The fourth-order valence-electron chi connectivity index (χ4n) is 5.73. The van der Waals surface area contributed by atoms with Gasteiger partial charge in [-0.2, -0.15) is 0 Å². The minimum Gasteiger partial charge on any atom is -0.661 e. The van der Waals surface area contributed by atoms with Crippen LogP contribution in [-0.2, 0) is 21.7 Å². The van der Waals surface area contributed by atoms with Crippen molar-refractivity contribution >= 4 is 8.24 Å². The number of hydrogen-bond donors (Lipinski definition) is 0. The number of rotatable bonds is 3. The van der Waals surface area contributed by atoms with Gasteiger partial charge in [-0.3, -0.25) is 0 Å². The van der Waals surface area contributed by atoms with Crippen LogP contribution in [0.5, 0.6) is 0 Å². The summed E-state index contributed by atoms with van der Waals surface area (Å²) in [4.78, 5) is 5.71. The van der Waals surface area contributed by atoms with Gasteiger partial charge in [0.15, 0.2) is 0 Å². The Labute approximate surface area is 215 Å². The van der Waals surface area contributed by atoms with Crippen LogP contribution in [0.1, 0.15) is 87.3 Å². The van der Waals surface area contributed by atoms with E-state index in [1.165, 1.54) is 92.9 Å². The van der Waals surface area contributed by atoms with Crippen molar-refractivity contribution in [3.63, 3.8) is 0 Å². The van der Waals surface area contributed by atoms with Crippen LogP contribution < -0.4 is 0 Å². The molecule has 3 heteroatoms. The monoisotopic (exact) mass is 482 g/mol. The van der Waals surface area contributed by atoms with Gasteiger partial charge in [0.25, 0.3) is 0 Å². The molecule has 1 radical (unpaired) electrons. The summed E-state index contributed by atoms with van der Waals surface area (Å²) in [5.74, 6) is 0. The molecule has 1 saturated carbocycles. The molecule has 0 aromatic heterocycles. The van der Waals surface area contributed by atoms with Crippen LogP contribution in [0.3, 0.4) is 0 Å². The first kappa shape index (κ1) is 29.4. The van der Waals surface area contributed by atoms with Gasteiger partial charge in [-0.25, -0.2) is 0 Å². The third kappa shape index (κ3) is 6.92. The van der Waals surface area contributed by atoms with Crippen LogP contribution in [0.15, 0.2) is 48.5 Å². The van der Waals surface area contributed by atoms with E-state index < -0.39 is 8.24 Å². The first-order valence-corrected chi connectivity index (χ1v) is 15.1. The third-order valence-corrected chi connectivity index (χ3v) is 10.2. The molecule has 2 aromatic rings. The van der Waals surface area contributed by atoms with Crippen molar-refractivity contribution in [3.05, 3.63) is 79.5 Å². The zero-order valence-electron chi connectivity index (χ0n) is 21.0. The third-order valence-electron chi connectivity index (χ3n) is 7.13. The maximum atomic E-state index is 5.71. The molecule has 2 aliphatic carbocycles. The summed E-state index contributed by atoms with van der Waals surface area (Å²) in [7, 11) is -1.83. The molecule has 2 aromatic carbocycles. The SMILES string of the molecule is C[Si](C)([N-]C1CCCCCCCCCCC1)C1c2ccccc2-c2ccccc21.[CH3-].[CH3-].[Ti+3]. The van der Waals surface area contributed by atoms with Crippen LogP contribution in [0.4, 0.5) is 0 Å². The molecule has 0 unspecified atom stereocenters. The van der Waals surface area contributed by atoms with Crippen LogP contribution in [-0.4, -0.2) is 14.3 Å². The molecule has 2 aliphatic rings. The van der Waals surface area contributed by atoms with E-state index in [9.17, 15) is 0 Å². The summed E-state index contributed by atoms with van der Waals surface area (Å²) in [6.45, 7) is 5.04. The smallest absolute Gasteiger partial charge is 0.661 e. The van der Waals surface area contributed by atoms with Crippen molar-refractivity contribution in [3.8, 4) is 11.1 Å². The summed E-state index contributed by atoms with van der Waals surface area (Å²) in [6, 6.07) is 18.8. The molecule has 173 valence electrons. The molecular weight excluding hydrogens is 438 g/mol. The minimum absolute atomic E-state index is 0. The van der Waals surface area contributed by atoms with E-state index in [-0.39, 0.29) is 36.6 Å². The predicted octanol–water partition coefficient (Wildman–Crippen LogP) is 9.49. The molecule has 0 heterocycles. The van der Waals surface area contributed by atoms with E-state index in [2.05, 4.69) is 61.6 Å². The summed E-state index contributed by atoms with van der Waals surface area (Å²) in [5, 5.41) is 0. The quantitative estimate of drug-likeness (QED) is 0.305. The first-order valence-electron chi connectivity index (χ1n) is 12.1. The van der Waals surface area contributed by atoms with Crippen molar-refractivity contribution in [2.45, 2.75) is 95.3 Å². The zero-order chi connectivity index (χ0) is 20.1. The van der Waals surface area contributed by atoms with E-state index in [1.54, 1.807) is 0 Å². The average Bonchev–Trinajstić information content (AvgIpc) is 3.05. The maximum absolute atomic E-state index is 5.71. The second-order valence-corrected chi connectivity index (χ2v) is 13.9. The Bertz CT molecular complexity index is 746. The van der Waals surface area contributed by atoms with Crippen LogP contribution in [0.2, 0.25) is 13.1 Å². The fraction of sp³-hybridized carbons (Fsp3) is 0.517. The van der Waals surface area contributed by atoms with E-state index in [0.717, 1.165) is 0 Å². The molecular formula is C29H44NSiTi. The molecule has 0 aliphatic heterocycles. The second kappa shape index (κ2) is 13.9. The normalized spacial score (nSPS) is 17.9. The Morgan fingerprint density at radius 1 is 0.625 bits per heavy atom. The van der Waals surface area contributed by atoms with Gasteiger partial charge < -0.3 is 19.8 Å². The van der Waals surface area contributed by atoms with Crippen molar-refractivity contribution < 1.29 is 21.7 Å². The Balaban J connectivity index is 0.00000171. The predicted molar refractivity (Wildman–Crippen MR) is 142 cm³/mol. The van der Waals surface area contributed by atoms with Crippen molar-refractivity contribution in [2.24, 2.45) is 0 Å². The molecule has 0 saturated heterocycles. The maximum Gasteiger partial charge on any atom is 3.00 e. The molecule has 1 fully saturated rings. The van der Waals surface area contributed by atoms with Gasteiger partial charge in [0.1, 0.15) is 0 Å². The van der Waals surface area contributed by atoms with Gasteiger partial charge >= 0.3 is 21.7 Å². The van der Waals surface area contributed by atoms with E-state index in [1.807, 2.05) is 0 Å². The summed E-state index contributed by atoms with van der Waals surface area (Å²) in [6.07, 6.45) is 15.4. The van der Waals surface area contributed by atoms with Crippen molar-refractivity contribution in [1.29, 1.82) is 0 Å². The molecule has 4 rings (SSSR count). The largest absolute Gasteiger partial charge is 3.00 e. The van der Waals surface area contributed by atoms with Crippen LogP contribution in [0, 0.1) is 14.9 Å². The molecule has 0 N–H and O–H groups in total. The van der Waals surface area contributed by atoms with Crippen LogP contribution >= 0.6 is 0 Å². The standard InChI is InChI=1S/C27H38NSi.2CH3.Ti/c1-29(2,28-22-16-10-8-6-4-3-5-7-9-11-17-22)27-25-20-14-12-18-23(25)24-19-13-15-21-26(24)27;;;/h12-15,18-22,27H,3-11,16-17H2,1-2H3;2*1H3;/q3*-1;+3. The average molecular weight is 483 g/mol. The Kier molecular flexibility index (Phi) is 12.8. The van der Waals surface area contributed by atoms with Crippen molar-refractivity contribution in [2.75, 3.05) is 0 Å². The number of hydrogen-bond acceptors (Lipinski definition) is 0. The Morgan fingerprint density at radius 3 is 1.44 bits per heavy atom. The Morgan fingerprint density at radius 2 is 1.00 bits per heavy atom. The minimum atomic E-state index is -1.83. The van der Waals surface area contributed by atoms with Gasteiger partial charge in [0, 0.05) is 0 Å². The molecule has 0 bridgehead atoms. The van der Waals surface area contributed by atoms with Gasteiger partial charge in [0.2, 0.25) is 0 Å². The van der Waals surface area contributed by atoms with Gasteiger partial charge in [-0.05, 0) is 36.0 Å². The van der Waals surface area contributed by atoms with Crippen molar-refractivity contribution in [1.82, 2.24) is 0 Å². The van der Waals surface area contributed by atoms with Gasteiger partial charge in [0.05, 0.1) is 0 Å². The Hall–Kier alpha value is -0.669. The topological polar surface area (TPSA) is 14.1 Å². The van der Waals surface area contributed by atoms with Gasteiger partial charge in [-0.15, -0.1) is 6.04 Å². The summed E-state index contributed by atoms with van der Waals surface area (Å²) in [5.41, 5.74) is 6.46. The number of fused-ring (bicyclic) bond motifs is 3. The molecule has 0 amide bonds. The van der Waals surface area contributed by atoms with Crippen LogP contribution in [0.25, 0.3) is 16.1 Å². The van der Waals surface area contributed by atoms with Gasteiger partial charge in [-0.1, -0.05) is 132 Å². The summed E-state index contributed by atoms with van der Waals surface area (Å²) >= 11 is 0. The molecule has 1 nitrogen and oxygen atoms in total. The number of benzene rings is 2. The second-order valence-electron chi connectivity index (χ2n) is 9.80. The molecule has 32 heavy (non-hydrogen) atoms. The summed E-state index contributed by atoms with van der Waals surface area (Å²) < 4.78 is 0. The fourth-order valence-corrected chi connectivity index (χ4v) is 9.11. The van der Waals surface area contributed by atoms with E-state index in [0.29, 0.717) is 11.6 Å². The first-order chi connectivity index (χ1) is 14.2. The van der Waals surface area contributed by atoms with E-state index >= 15 is 0 Å².